The summed E-state index contributed by atoms with van der Waals surface area (Å²) in [6.07, 6.45) is 0. The van der Waals surface area contributed by atoms with Crippen LogP contribution in [0, 0.1) is 9.54 Å². The van der Waals surface area contributed by atoms with Crippen molar-refractivity contribution in [3.63, 3.8) is 0 Å². The SMILES string of the molecule is S=c1nn[nH][nH]1.S=c1nn[nH]n1-c1ccccc1. The lowest BCUT2D eigenvalue weighted by molar-refractivity contribution is 0.786. The number of nitrogens with zero attached hydrogens (tertiary/aromatic N) is 5. The molecule has 0 aliphatic heterocycles. The molecular formula is C8H8N8S2. The van der Waals surface area contributed by atoms with Gasteiger partial charge in [-0.2, -0.15) is 10.4 Å². The maximum absolute atomic E-state index is 4.93. The normalized spacial score (nSPS) is 9.56. The molecule has 3 rings (SSSR count). The largest absolute Gasteiger partial charge is 0.256 e. The standard InChI is InChI=1S/C7H6N4S.CH2N4S/c12-7-8-9-10-11(7)6-4-2-1-3-5-6;6-1-2-4-5-3-1/h1-5H,(H,8,10,12);(H2,2,3,4,5,6). The first-order chi connectivity index (χ1) is 8.77. The molecule has 0 radical (unpaired) electrons. The highest BCUT2D eigenvalue weighted by molar-refractivity contribution is 7.71. The van der Waals surface area contributed by atoms with Gasteiger partial charge >= 0.3 is 0 Å². The first-order valence-corrected chi connectivity index (χ1v) is 5.60. The molecular weight excluding hydrogens is 272 g/mol. The zero-order valence-electron chi connectivity index (χ0n) is 8.94. The molecule has 92 valence electrons. The first kappa shape index (κ1) is 12.3. The fourth-order valence-electron chi connectivity index (χ4n) is 1.11. The van der Waals surface area contributed by atoms with Crippen LogP contribution >= 0.6 is 24.4 Å². The van der Waals surface area contributed by atoms with Crippen molar-refractivity contribution >= 4 is 24.4 Å². The number of hydrogen-bond donors (Lipinski definition) is 3. The second kappa shape index (κ2) is 5.93. The van der Waals surface area contributed by atoms with Crippen LogP contribution in [0.5, 0.6) is 0 Å². The van der Waals surface area contributed by atoms with E-state index in [4.69, 9.17) is 12.2 Å². The van der Waals surface area contributed by atoms with Crippen molar-refractivity contribution in [1.82, 2.24) is 40.8 Å². The molecule has 0 fully saturated rings. The second-order valence-electron chi connectivity index (χ2n) is 3.00. The van der Waals surface area contributed by atoms with Crippen LogP contribution in [0.3, 0.4) is 0 Å². The minimum atomic E-state index is 0.384. The highest BCUT2D eigenvalue weighted by Crippen LogP contribution is 2.03. The Morgan fingerprint density at radius 2 is 1.78 bits per heavy atom. The number of H-pyrrole nitrogens is 3. The van der Waals surface area contributed by atoms with Crippen molar-refractivity contribution in [1.29, 1.82) is 0 Å². The molecule has 0 bridgehead atoms. The molecule has 0 atom stereocenters. The van der Waals surface area contributed by atoms with Crippen LogP contribution < -0.4 is 0 Å². The van der Waals surface area contributed by atoms with Crippen molar-refractivity contribution in [2.24, 2.45) is 0 Å². The van der Waals surface area contributed by atoms with Crippen molar-refractivity contribution in [3.8, 4) is 5.69 Å². The topological polar surface area (TPSA) is 104 Å². The minimum Gasteiger partial charge on any atom is -0.256 e. The summed E-state index contributed by atoms with van der Waals surface area (Å²) in [5.74, 6) is 0. The van der Waals surface area contributed by atoms with Gasteiger partial charge in [0.2, 0.25) is 9.54 Å². The Morgan fingerprint density at radius 1 is 1.00 bits per heavy atom. The summed E-state index contributed by atoms with van der Waals surface area (Å²) < 4.78 is 2.45. The molecule has 0 saturated carbocycles. The summed E-state index contributed by atoms with van der Waals surface area (Å²) in [5.41, 5.74) is 0.938. The number of benzene rings is 1. The third kappa shape index (κ3) is 3.15. The molecule has 0 spiro atoms. The number of tetrazole rings is 2. The highest BCUT2D eigenvalue weighted by atomic mass is 32.1. The monoisotopic (exact) mass is 280 g/mol. The van der Waals surface area contributed by atoms with Gasteiger partial charge in [-0.25, -0.2) is 4.68 Å². The average Bonchev–Trinajstić information content (AvgIpc) is 3.02. The van der Waals surface area contributed by atoms with E-state index in [-0.39, 0.29) is 0 Å². The van der Waals surface area contributed by atoms with E-state index in [2.05, 4.69) is 48.4 Å². The molecule has 10 heteroatoms. The lowest BCUT2D eigenvalue weighted by Crippen LogP contribution is -1.95. The van der Waals surface area contributed by atoms with Gasteiger partial charge in [0.1, 0.15) is 0 Å². The van der Waals surface area contributed by atoms with E-state index >= 15 is 0 Å². The van der Waals surface area contributed by atoms with Crippen LogP contribution in [0.25, 0.3) is 5.69 Å². The number of hydrogen-bond acceptors (Lipinski definition) is 6. The van der Waals surface area contributed by atoms with E-state index in [1.54, 1.807) is 4.68 Å². The third-order valence-electron chi connectivity index (χ3n) is 1.84. The number of aromatic amines is 3. The molecule has 0 amide bonds. The lowest BCUT2D eigenvalue weighted by atomic mass is 10.3. The van der Waals surface area contributed by atoms with E-state index in [0.29, 0.717) is 9.54 Å². The van der Waals surface area contributed by atoms with Gasteiger partial charge in [0, 0.05) is 0 Å². The number of aromatic nitrogens is 8. The quantitative estimate of drug-likeness (QED) is 0.578. The van der Waals surface area contributed by atoms with Gasteiger partial charge in [-0.15, -0.1) is 0 Å². The van der Waals surface area contributed by atoms with Crippen LogP contribution in [0.15, 0.2) is 30.3 Å². The predicted octanol–water partition coefficient (Wildman–Crippen LogP) is 1.19. The van der Waals surface area contributed by atoms with Gasteiger partial charge in [-0.1, -0.05) is 38.8 Å². The Morgan fingerprint density at radius 3 is 2.22 bits per heavy atom. The number of para-hydroxylation sites is 1. The second-order valence-corrected chi connectivity index (χ2v) is 3.75. The van der Waals surface area contributed by atoms with Crippen LogP contribution in [0.2, 0.25) is 0 Å². The molecule has 2 aromatic heterocycles. The van der Waals surface area contributed by atoms with Gasteiger partial charge in [0.15, 0.2) is 0 Å². The van der Waals surface area contributed by atoms with Gasteiger partial charge in [-0.05, 0) is 36.6 Å². The predicted molar refractivity (Wildman–Crippen MR) is 68.1 cm³/mol. The highest BCUT2D eigenvalue weighted by Gasteiger charge is 1.95. The first-order valence-electron chi connectivity index (χ1n) is 4.78. The molecule has 3 N–H and O–H groups in total. The fraction of sp³-hybridized carbons (Fsp3) is 0. The molecule has 0 aliphatic carbocycles. The molecule has 3 aromatic rings. The lowest BCUT2D eigenvalue weighted by Gasteiger charge is -1.97. The van der Waals surface area contributed by atoms with E-state index in [1.807, 2.05) is 30.3 Å². The molecule has 0 unspecified atom stereocenters. The molecule has 1 aromatic carbocycles. The third-order valence-corrected chi connectivity index (χ3v) is 2.29. The van der Waals surface area contributed by atoms with Gasteiger partial charge in [-0.3, -0.25) is 5.10 Å². The summed E-state index contributed by atoms with van der Waals surface area (Å²) in [6.45, 7) is 0. The van der Waals surface area contributed by atoms with Gasteiger partial charge in [0.05, 0.1) is 5.69 Å². The van der Waals surface area contributed by atoms with E-state index in [1.165, 1.54) is 0 Å². The molecule has 8 nitrogen and oxygen atoms in total. The van der Waals surface area contributed by atoms with Crippen LogP contribution in [0.4, 0.5) is 0 Å². The summed E-state index contributed by atoms with van der Waals surface area (Å²) in [4.78, 5) is 0. The summed E-state index contributed by atoms with van der Waals surface area (Å²) in [6, 6.07) is 9.65. The Hall–Kier alpha value is -2.20. The summed E-state index contributed by atoms with van der Waals surface area (Å²) in [7, 11) is 0. The van der Waals surface area contributed by atoms with Gasteiger partial charge < -0.3 is 0 Å². The van der Waals surface area contributed by atoms with E-state index in [9.17, 15) is 0 Å². The zero-order valence-corrected chi connectivity index (χ0v) is 10.6. The van der Waals surface area contributed by atoms with E-state index in [0.717, 1.165) is 5.69 Å². The minimum absolute atomic E-state index is 0.384. The molecule has 2 heterocycles. The maximum atomic E-state index is 4.93. The number of rotatable bonds is 1. The zero-order chi connectivity index (χ0) is 12.8. The molecule has 0 aliphatic rings. The van der Waals surface area contributed by atoms with Crippen LogP contribution in [-0.2, 0) is 0 Å². The average molecular weight is 280 g/mol. The molecule has 0 saturated heterocycles. The van der Waals surface area contributed by atoms with Crippen molar-refractivity contribution < 1.29 is 0 Å². The van der Waals surface area contributed by atoms with E-state index < -0.39 is 0 Å². The Balaban J connectivity index is 0.000000169. The Labute approximate surface area is 111 Å². The Kier molecular flexibility index (Phi) is 4.04. The smallest absolute Gasteiger partial charge is 0.242 e. The van der Waals surface area contributed by atoms with Crippen molar-refractivity contribution in [3.05, 3.63) is 39.9 Å². The van der Waals surface area contributed by atoms with Crippen LogP contribution in [-0.4, -0.2) is 40.8 Å². The fourth-order valence-corrected chi connectivity index (χ4v) is 1.38. The van der Waals surface area contributed by atoms with Gasteiger partial charge in [0.25, 0.3) is 0 Å². The summed E-state index contributed by atoms with van der Waals surface area (Å²) in [5, 5.41) is 21.4. The Bertz CT molecular complexity index is 676. The maximum Gasteiger partial charge on any atom is 0.242 e. The summed E-state index contributed by atoms with van der Waals surface area (Å²) >= 11 is 9.41. The van der Waals surface area contributed by atoms with Crippen LogP contribution in [0.1, 0.15) is 0 Å². The van der Waals surface area contributed by atoms with Crippen molar-refractivity contribution in [2.75, 3.05) is 0 Å². The molecule has 18 heavy (non-hydrogen) atoms. The number of nitrogens with one attached hydrogen (secondary N) is 3. The van der Waals surface area contributed by atoms with Crippen molar-refractivity contribution in [2.45, 2.75) is 0 Å².